The van der Waals surface area contributed by atoms with E-state index in [1.165, 1.54) is 65.0 Å². The molecule has 0 aliphatic rings. The van der Waals surface area contributed by atoms with E-state index in [-0.39, 0.29) is 0 Å². The summed E-state index contributed by atoms with van der Waals surface area (Å²) in [6.07, 6.45) is 0. The molecule has 0 aliphatic carbocycles. The summed E-state index contributed by atoms with van der Waals surface area (Å²) in [4.78, 5) is 2.33. The maximum Gasteiger partial charge on any atom is 0.0468 e. The van der Waals surface area contributed by atoms with Crippen LogP contribution < -0.4 is 4.90 Å². The van der Waals surface area contributed by atoms with Crippen LogP contribution in [0.5, 0.6) is 0 Å². The van der Waals surface area contributed by atoms with Gasteiger partial charge in [0.15, 0.2) is 0 Å². The first kappa shape index (κ1) is 25.6. The van der Waals surface area contributed by atoms with E-state index in [1.807, 2.05) is 0 Å². The van der Waals surface area contributed by atoms with E-state index in [0.29, 0.717) is 0 Å². The predicted molar refractivity (Wildman–Crippen MR) is 194 cm³/mol. The highest BCUT2D eigenvalue weighted by molar-refractivity contribution is 6.27. The highest BCUT2D eigenvalue weighted by Crippen LogP contribution is 2.40. The van der Waals surface area contributed by atoms with Crippen LogP contribution in [-0.4, -0.2) is 0 Å². The molecule has 1 heteroatoms. The summed E-state index contributed by atoms with van der Waals surface area (Å²) in [5.41, 5.74) is 5.83. The van der Waals surface area contributed by atoms with Crippen LogP contribution in [0.4, 0.5) is 17.1 Å². The number of hydrogen-bond acceptors (Lipinski definition) is 1. The third-order valence-electron chi connectivity index (χ3n) is 9.17. The zero-order valence-electron chi connectivity index (χ0n) is 24.7. The Morgan fingerprint density at radius 1 is 0.244 bits per heavy atom. The van der Waals surface area contributed by atoms with Crippen molar-refractivity contribution in [2.24, 2.45) is 0 Å². The fraction of sp³-hybridized carbons (Fsp3) is 0. The maximum atomic E-state index is 2.37. The number of nitrogens with zero attached hydrogens (tertiary/aromatic N) is 1. The Morgan fingerprint density at radius 2 is 0.711 bits per heavy atom. The Hall–Kier alpha value is -5.92. The van der Waals surface area contributed by atoms with Gasteiger partial charge in [-0.3, -0.25) is 0 Å². The monoisotopic (exact) mass is 571 g/mol. The highest BCUT2D eigenvalue weighted by Gasteiger charge is 2.14. The van der Waals surface area contributed by atoms with E-state index in [1.54, 1.807) is 0 Å². The molecule has 0 bridgehead atoms. The minimum absolute atomic E-state index is 1.13. The van der Waals surface area contributed by atoms with Gasteiger partial charge in [-0.2, -0.15) is 0 Å². The van der Waals surface area contributed by atoms with Crippen molar-refractivity contribution in [1.29, 1.82) is 0 Å². The fourth-order valence-electron chi connectivity index (χ4n) is 6.96. The Balaban J connectivity index is 1.18. The molecule has 0 saturated carbocycles. The van der Waals surface area contributed by atoms with Crippen molar-refractivity contribution in [3.05, 3.63) is 176 Å². The average molecular weight is 572 g/mol. The lowest BCUT2D eigenvalue weighted by Crippen LogP contribution is -2.09. The van der Waals surface area contributed by atoms with Crippen LogP contribution >= 0.6 is 0 Å². The second-order valence-corrected chi connectivity index (χ2v) is 11.8. The third-order valence-corrected chi connectivity index (χ3v) is 9.17. The standard InChI is InChI=1S/C44H29N/c1-2-14-36(15-3-1)45(38-24-20-30-10-4-5-11-32(30)26-38)37-22-18-31(19-23-37)35-21-25-41-42(29-35)39-16-8-9-17-40(39)43-27-33-12-6-7-13-34(33)28-44(41)43/h1-29H. The molecule has 0 saturated heterocycles. The Kier molecular flexibility index (Phi) is 5.89. The molecule has 0 fully saturated rings. The van der Waals surface area contributed by atoms with Gasteiger partial charge in [-0.15, -0.1) is 0 Å². The van der Waals surface area contributed by atoms with E-state index in [0.717, 1.165) is 17.1 Å². The molecule has 210 valence electrons. The minimum Gasteiger partial charge on any atom is -0.310 e. The number of fused-ring (bicyclic) bond motifs is 8. The van der Waals surface area contributed by atoms with Gasteiger partial charge in [-0.25, -0.2) is 0 Å². The van der Waals surface area contributed by atoms with Gasteiger partial charge in [0.25, 0.3) is 0 Å². The van der Waals surface area contributed by atoms with E-state index >= 15 is 0 Å². The first-order chi connectivity index (χ1) is 22.3. The van der Waals surface area contributed by atoms with Crippen molar-refractivity contribution in [2.45, 2.75) is 0 Å². The summed E-state index contributed by atoms with van der Waals surface area (Å²) in [6.45, 7) is 0. The molecule has 0 heterocycles. The van der Waals surface area contributed by atoms with Gasteiger partial charge in [0.2, 0.25) is 0 Å². The van der Waals surface area contributed by atoms with Crippen molar-refractivity contribution in [3.8, 4) is 11.1 Å². The van der Waals surface area contributed by atoms with Gasteiger partial charge in [0.05, 0.1) is 0 Å². The second-order valence-electron chi connectivity index (χ2n) is 11.8. The average Bonchev–Trinajstić information content (AvgIpc) is 3.12. The number of hydrogen-bond donors (Lipinski definition) is 0. The van der Waals surface area contributed by atoms with Crippen LogP contribution in [0, 0.1) is 0 Å². The smallest absolute Gasteiger partial charge is 0.0468 e. The van der Waals surface area contributed by atoms with Gasteiger partial charge >= 0.3 is 0 Å². The lowest BCUT2D eigenvalue weighted by molar-refractivity contribution is 1.29. The molecule has 0 spiro atoms. The van der Waals surface area contributed by atoms with Crippen molar-refractivity contribution in [1.82, 2.24) is 0 Å². The van der Waals surface area contributed by atoms with E-state index < -0.39 is 0 Å². The van der Waals surface area contributed by atoms with Crippen LogP contribution in [0.3, 0.4) is 0 Å². The van der Waals surface area contributed by atoms with Crippen molar-refractivity contribution >= 4 is 70.9 Å². The number of benzene rings is 9. The van der Waals surface area contributed by atoms with E-state index in [9.17, 15) is 0 Å². The molecule has 9 rings (SSSR count). The minimum atomic E-state index is 1.13. The largest absolute Gasteiger partial charge is 0.310 e. The van der Waals surface area contributed by atoms with Gasteiger partial charge in [0.1, 0.15) is 0 Å². The highest BCUT2D eigenvalue weighted by atomic mass is 15.1. The molecule has 0 aromatic heterocycles. The van der Waals surface area contributed by atoms with E-state index in [4.69, 9.17) is 0 Å². The van der Waals surface area contributed by atoms with Crippen molar-refractivity contribution in [2.75, 3.05) is 4.90 Å². The molecule has 0 unspecified atom stereocenters. The SMILES string of the molecule is c1ccc(N(c2ccc(-c3ccc4c(c3)c3ccccc3c3cc5ccccc5cc43)cc2)c2ccc3ccccc3c2)cc1. The number of rotatable bonds is 4. The molecule has 45 heavy (non-hydrogen) atoms. The Bertz CT molecular complexity index is 2530. The molecular formula is C44H29N. The van der Waals surface area contributed by atoms with Crippen LogP contribution in [0.25, 0.3) is 65.0 Å². The first-order valence-electron chi connectivity index (χ1n) is 15.5. The van der Waals surface area contributed by atoms with Gasteiger partial charge in [-0.05, 0) is 120 Å². The summed E-state index contributed by atoms with van der Waals surface area (Å²) in [5.74, 6) is 0. The quantitative estimate of drug-likeness (QED) is 0.150. The van der Waals surface area contributed by atoms with Gasteiger partial charge in [0, 0.05) is 17.1 Å². The molecule has 0 N–H and O–H groups in total. The topological polar surface area (TPSA) is 3.24 Å². The van der Waals surface area contributed by atoms with Crippen LogP contribution in [0.2, 0.25) is 0 Å². The fourth-order valence-corrected chi connectivity index (χ4v) is 6.96. The summed E-state index contributed by atoms with van der Waals surface area (Å²) >= 11 is 0. The summed E-state index contributed by atoms with van der Waals surface area (Å²) < 4.78 is 0. The zero-order chi connectivity index (χ0) is 29.7. The third kappa shape index (κ3) is 4.32. The molecule has 9 aromatic carbocycles. The lowest BCUT2D eigenvalue weighted by Gasteiger charge is -2.26. The van der Waals surface area contributed by atoms with Gasteiger partial charge in [-0.1, -0.05) is 121 Å². The molecule has 1 nitrogen and oxygen atoms in total. The van der Waals surface area contributed by atoms with Crippen LogP contribution in [-0.2, 0) is 0 Å². The maximum absolute atomic E-state index is 2.37. The Morgan fingerprint density at radius 3 is 1.38 bits per heavy atom. The summed E-state index contributed by atoms with van der Waals surface area (Å²) in [6, 6.07) is 64.0. The Labute approximate surface area is 262 Å². The zero-order valence-corrected chi connectivity index (χ0v) is 24.7. The van der Waals surface area contributed by atoms with Crippen LogP contribution in [0.1, 0.15) is 0 Å². The summed E-state index contributed by atoms with van der Waals surface area (Å²) in [5, 5.41) is 12.8. The molecule has 0 aliphatic heterocycles. The molecule has 0 amide bonds. The lowest BCUT2D eigenvalue weighted by atomic mass is 9.90. The molecule has 0 radical (unpaired) electrons. The first-order valence-corrected chi connectivity index (χ1v) is 15.5. The molecule has 0 atom stereocenters. The number of para-hydroxylation sites is 1. The summed E-state index contributed by atoms with van der Waals surface area (Å²) in [7, 11) is 0. The predicted octanol–water partition coefficient (Wildman–Crippen LogP) is 12.6. The second kappa shape index (κ2) is 10.4. The van der Waals surface area contributed by atoms with E-state index in [2.05, 4.69) is 181 Å². The molecular weight excluding hydrogens is 542 g/mol. The van der Waals surface area contributed by atoms with Gasteiger partial charge < -0.3 is 4.90 Å². The van der Waals surface area contributed by atoms with Crippen molar-refractivity contribution < 1.29 is 0 Å². The van der Waals surface area contributed by atoms with Crippen LogP contribution in [0.15, 0.2) is 176 Å². The molecule has 9 aromatic rings. The van der Waals surface area contributed by atoms with Crippen molar-refractivity contribution in [3.63, 3.8) is 0 Å². The number of anilines is 3. The normalized spacial score (nSPS) is 11.6.